The Morgan fingerprint density at radius 2 is 1.92 bits per heavy atom. The molecular formula is C19H17N2O3P. The average Bonchev–Trinajstić information content (AvgIpc) is 2.98. The molecular weight excluding hydrogens is 335 g/mol. The van der Waals surface area contributed by atoms with Crippen molar-refractivity contribution in [1.29, 1.82) is 5.26 Å². The number of hydrogen-bond acceptors (Lipinski definition) is 4. The summed E-state index contributed by atoms with van der Waals surface area (Å²) in [7, 11) is -2.20. The molecule has 1 N–H and O–H groups in total. The lowest BCUT2D eigenvalue weighted by Crippen LogP contribution is -2.20. The Bertz CT molecular complexity index is 1080. The molecule has 3 rings (SSSR count). The van der Waals surface area contributed by atoms with Gasteiger partial charge in [-0.1, -0.05) is 11.6 Å². The predicted molar refractivity (Wildman–Crippen MR) is 98.2 cm³/mol. The van der Waals surface area contributed by atoms with E-state index in [1.807, 2.05) is 32.0 Å². The van der Waals surface area contributed by atoms with Crippen LogP contribution >= 0.6 is 7.37 Å². The SMILES string of the molecule is COP(=O)(c1cc(C)cc(C#N)c1)c1c(C=O)[nH]c2ccc(C)cc12. The van der Waals surface area contributed by atoms with Gasteiger partial charge in [0, 0.05) is 23.3 Å². The third-order valence-corrected chi connectivity index (χ3v) is 6.68. The molecule has 0 fully saturated rings. The second-order valence-corrected chi connectivity index (χ2v) is 8.39. The van der Waals surface area contributed by atoms with E-state index in [0.29, 0.717) is 33.4 Å². The van der Waals surface area contributed by atoms with Gasteiger partial charge in [0.1, 0.15) is 0 Å². The van der Waals surface area contributed by atoms with Crippen molar-refractivity contribution in [2.75, 3.05) is 7.11 Å². The zero-order chi connectivity index (χ0) is 18.2. The van der Waals surface area contributed by atoms with Gasteiger partial charge in [-0.25, -0.2) is 0 Å². The molecule has 3 aromatic rings. The number of carbonyl (C=O) groups excluding carboxylic acids is 1. The molecule has 0 saturated carbocycles. The van der Waals surface area contributed by atoms with Gasteiger partial charge >= 0.3 is 0 Å². The first-order valence-corrected chi connectivity index (χ1v) is 9.31. The molecule has 1 atom stereocenters. The number of aromatic amines is 1. The highest BCUT2D eigenvalue weighted by Gasteiger charge is 2.34. The quantitative estimate of drug-likeness (QED) is 0.577. The van der Waals surface area contributed by atoms with E-state index in [1.54, 1.807) is 18.2 Å². The number of fused-ring (bicyclic) bond motifs is 1. The van der Waals surface area contributed by atoms with Gasteiger partial charge in [0.2, 0.25) is 0 Å². The van der Waals surface area contributed by atoms with Crippen molar-refractivity contribution in [3.05, 3.63) is 58.8 Å². The van der Waals surface area contributed by atoms with Gasteiger partial charge in [-0.3, -0.25) is 9.36 Å². The van der Waals surface area contributed by atoms with Gasteiger partial charge in [-0.15, -0.1) is 0 Å². The van der Waals surface area contributed by atoms with Crippen LogP contribution < -0.4 is 10.6 Å². The van der Waals surface area contributed by atoms with Crippen LogP contribution in [0.2, 0.25) is 0 Å². The van der Waals surface area contributed by atoms with Gasteiger partial charge in [-0.05, 0) is 49.7 Å². The molecule has 1 unspecified atom stereocenters. The van der Waals surface area contributed by atoms with E-state index in [1.165, 1.54) is 7.11 Å². The third kappa shape index (κ3) is 2.80. The second kappa shape index (κ2) is 6.33. The normalized spacial score (nSPS) is 13.4. The van der Waals surface area contributed by atoms with Crippen LogP contribution in [0.1, 0.15) is 27.2 Å². The fourth-order valence-corrected chi connectivity index (χ4v) is 5.30. The number of nitrogens with zero attached hydrogens (tertiary/aromatic N) is 1. The molecule has 2 aromatic carbocycles. The Labute approximate surface area is 145 Å². The Balaban J connectivity index is 2.39. The predicted octanol–water partition coefficient (Wildman–Crippen LogP) is 3.34. The number of H-pyrrole nitrogens is 1. The summed E-state index contributed by atoms with van der Waals surface area (Å²) in [5.41, 5.74) is 3.12. The highest BCUT2D eigenvalue weighted by molar-refractivity contribution is 7.75. The van der Waals surface area contributed by atoms with Gasteiger partial charge < -0.3 is 9.51 Å². The summed E-state index contributed by atoms with van der Waals surface area (Å²) in [5.74, 6) is 0. The van der Waals surface area contributed by atoms with E-state index >= 15 is 0 Å². The van der Waals surface area contributed by atoms with Crippen molar-refractivity contribution >= 4 is 35.2 Å². The van der Waals surface area contributed by atoms with Crippen molar-refractivity contribution in [3.63, 3.8) is 0 Å². The molecule has 0 aliphatic carbocycles. The van der Waals surface area contributed by atoms with Gasteiger partial charge in [0.15, 0.2) is 6.29 Å². The van der Waals surface area contributed by atoms with Crippen LogP contribution in [0.25, 0.3) is 10.9 Å². The summed E-state index contributed by atoms with van der Waals surface area (Å²) in [6.45, 7) is 3.75. The number of nitriles is 1. The zero-order valence-electron chi connectivity index (χ0n) is 14.2. The van der Waals surface area contributed by atoms with E-state index in [9.17, 15) is 14.6 Å². The molecule has 0 radical (unpaired) electrons. The fourth-order valence-electron chi connectivity index (χ4n) is 3.04. The summed E-state index contributed by atoms with van der Waals surface area (Å²) in [6.07, 6.45) is 0.650. The van der Waals surface area contributed by atoms with E-state index in [0.717, 1.165) is 11.1 Å². The second-order valence-electron chi connectivity index (χ2n) is 5.96. The molecule has 0 aliphatic heterocycles. The summed E-state index contributed by atoms with van der Waals surface area (Å²) in [4.78, 5) is 14.6. The van der Waals surface area contributed by atoms with Crippen LogP contribution in [0.5, 0.6) is 0 Å². The minimum Gasteiger partial charge on any atom is -0.352 e. The topological polar surface area (TPSA) is 82.9 Å². The molecule has 1 heterocycles. The zero-order valence-corrected chi connectivity index (χ0v) is 15.1. The lowest BCUT2D eigenvalue weighted by atomic mass is 10.2. The average molecular weight is 352 g/mol. The van der Waals surface area contributed by atoms with Crippen molar-refractivity contribution in [1.82, 2.24) is 4.98 Å². The Kier molecular flexibility index (Phi) is 4.34. The Morgan fingerprint density at radius 1 is 1.16 bits per heavy atom. The molecule has 126 valence electrons. The number of hydrogen-bond donors (Lipinski definition) is 1. The molecule has 6 heteroatoms. The highest BCUT2D eigenvalue weighted by Crippen LogP contribution is 2.47. The van der Waals surface area contributed by atoms with Crippen molar-refractivity contribution in [2.24, 2.45) is 0 Å². The largest absolute Gasteiger partial charge is 0.352 e. The van der Waals surface area contributed by atoms with E-state index in [4.69, 9.17) is 4.52 Å². The first-order valence-electron chi connectivity index (χ1n) is 7.69. The minimum absolute atomic E-state index is 0.228. The van der Waals surface area contributed by atoms with Crippen LogP contribution in [0.15, 0.2) is 36.4 Å². The standard InChI is InChI=1S/C19H17N2O3P/c1-12-4-5-17-16(8-12)19(18(11-22)21-17)25(23,24-3)15-7-13(2)6-14(9-15)10-20/h4-9,11,21H,1-3H3. The smallest absolute Gasteiger partial charge is 0.263 e. The number of benzene rings is 2. The van der Waals surface area contributed by atoms with Crippen LogP contribution in [-0.2, 0) is 9.09 Å². The molecule has 0 spiro atoms. The summed E-state index contributed by atoms with van der Waals surface area (Å²) in [6, 6.07) is 12.7. The monoisotopic (exact) mass is 352 g/mol. The lowest BCUT2D eigenvalue weighted by Gasteiger charge is -2.18. The lowest BCUT2D eigenvalue weighted by molar-refractivity contribution is 0.112. The molecule has 5 nitrogen and oxygen atoms in total. The number of rotatable bonds is 4. The molecule has 0 saturated heterocycles. The summed E-state index contributed by atoms with van der Waals surface area (Å²) >= 11 is 0. The molecule has 1 aromatic heterocycles. The number of aryl methyl sites for hydroxylation is 2. The first-order chi connectivity index (χ1) is 11.9. The first kappa shape index (κ1) is 17.2. The maximum absolute atomic E-state index is 13.9. The Morgan fingerprint density at radius 3 is 2.56 bits per heavy atom. The van der Waals surface area contributed by atoms with Crippen LogP contribution in [0.4, 0.5) is 0 Å². The van der Waals surface area contributed by atoms with Crippen LogP contribution in [0, 0.1) is 25.2 Å². The number of aromatic nitrogens is 1. The number of aldehydes is 1. The maximum atomic E-state index is 13.9. The van der Waals surface area contributed by atoms with Gasteiger partial charge in [0.25, 0.3) is 7.37 Å². The maximum Gasteiger partial charge on any atom is 0.263 e. The van der Waals surface area contributed by atoms with Gasteiger partial charge in [0.05, 0.1) is 22.6 Å². The molecule has 0 bridgehead atoms. The van der Waals surface area contributed by atoms with E-state index in [-0.39, 0.29) is 5.69 Å². The van der Waals surface area contributed by atoms with Crippen molar-refractivity contribution in [2.45, 2.75) is 13.8 Å². The van der Waals surface area contributed by atoms with Crippen LogP contribution in [-0.4, -0.2) is 18.4 Å². The van der Waals surface area contributed by atoms with Crippen LogP contribution in [0.3, 0.4) is 0 Å². The van der Waals surface area contributed by atoms with Crippen molar-refractivity contribution < 1.29 is 13.9 Å². The number of carbonyl (C=O) groups is 1. The highest BCUT2D eigenvalue weighted by atomic mass is 31.2. The van der Waals surface area contributed by atoms with Crippen molar-refractivity contribution in [3.8, 4) is 6.07 Å². The molecule has 0 amide bonds. The molecule has 0 aliphatic rings. The Hall–Kier alpha value is -2.67. The fraction of sp³-hybridized carbons (Fsp3) is 0.158. The summed E-state index contributed by atoms with van der Waals surface area (Å²) < 4.78 is 19.3. The molecule has 25 heavy (non-hydrogen) atoms. The third-order valence-electron chi connectivity index (χ3n) is 4.16. The van der Waals surface area contributed by atoms with E-state index < -0.39 is 7.37 Å². The van der Waals surface area contributed by atoms with E-state index in [2.05, 4.69) is 11.1 Å². The van der Waals surface area contributed by atoms with Gasteiger partial charge in [-0.2, -0.15) is 5.26 Å². The summed E-state index contributed by atoms with van der Waals surface area (Å²) in [5, 5.41) is 10.7. The minimum atomic E-state index is -3.56. The number of nitrogens with one attached hydrogen (secondary N) is 1.